The molecule has 3 rings (SSSR count). The lowest BCUT2D eigenvalue weighted by atomic mass is 9.91. The summed E-state index contributed by atoms with van der Waals surface area (Å²) in [5.41, 5.74) is 4.12. The predicted molar refractivity (Wildman–Crippen MR) is 82.6 cm³/mol. The molecule has 1 heterocycles. The Balaban J connectivity index is 1.94. The van der Waals surface area contributed by atoms with Gasteiger partial charge in [-0.3, -0.25) is 0 Å². The molecule has 0 N–H and O–H groups in total. The highest BCUT2D eigenvalue weighted by Gasteiger charge is 2.22. The third-order valence-electron chi connectivity index (χ3n) is 4.16. The molecule has 1 aromatic carbocycles. The lowest BCUT2D eigenvalue weighted by Gasteiger charge is -2.14. The average molecular weight is 325 g/mol. The van der Waals surface area contributed by atoms with E-state index in [1.807, 2.05) is 0 Å². The maximum Gasteiger partial charge on any atom is 0.235 e. The summed E-state index contributed by atoms with van der Waals surface area (Å²) in [6.45, 7) is 2.65. The van der Waals surface area contributed by atoms with E-state index in [2.05, 4.69) is 23.6 Å². The van der Waals surface area contributed by atoms with Crippen molar-refractivity contribution in [1.29, 1.82) is 0 Å². The maximum absolute atomic E-state index is 10.7. The molecule has 0 fully saturated rings. The van der Waals surface area contributed by atoms with Crippen molar-refractivity contribution in [2.45, 2.75) is 45.6 Å². The number of aromatic nitrogens is 1. The molecule has 0 saturated carbocycles. The zero-order valence-corrected chi connectivity index (χ0v) is 13.7. The smallest absolute Gasteiger partial charge is 0.235 e. The van der Waals surface area contributed by atoms with E-state index in [-0.39, 0.29) is 5.75 Å². The Morgan fingerprint density at radius 3 is 2.81 bits per heavy atom. The van der Waals surface area contributed by atoms with Gasteiger partial charge in [-0.05, 0) is 36.8 Å². The lowest BCUT2D eigenvalue weighted by Crippen LogP contribution is -2.36. The molecule has 0 aliphatic heterocycles. The van der Waals surface area contributed by atoms with E-state index in [0.29, 0.717) is 13.0 Å². The summed E-state index contributed by atoms with van der Waals surface area (Å²) in [6, 6.07) is 4.36. The first-order valence-corrected chi connectivity index (χ1v) is 9.72. The number of hydrogen-bond acceptors (Lipinski definition) is 4. The second-order valence-electron chi connectivity index (χ2n) is 5.65. The van der Waals surface area contributed by atoms with Gasteiger partial charge in [-0.2, -0.15) is 4.57 Å². The Kier molecular flexibility index (Phi) is 4.03. The van der Waals surface area contributed by atoms with E-state index >= 15 is 0 Å². The minimum Gasteiger partial charge on any atom is -0.748 e. The molecule has 2 aromatic rings. The number of hydrogen-bond donors (Lipinski definition) is 0. The molecule has 6 heteroatoms. The molecule has 1 aromatic heterocycles. The number of nitrogens with zero attached hydrogens (tertiary/aromatic N) is 1. The molecule has 0 saturated heterocycles. The summed E-state index contributed by atoms with van der Waals surface area (Å²) in [5, 5.41) is 1.17. The van der Waals surface area contributed by atoms with Crippen LogP contribution in [0.1, 0.15) is 35.4 Å². The molecule has 1 aliphatic rings. The van der Waals surface area contributed by atoms with Gasteiger partial charge in [0.25, 0.3) is 0 Å². The zero-order valence-electron chi connectivity index (χ0n) is 12.1. The summed E-state index contributed by atoms with van der Waals surface area (Å²) in [4.78, 5) is 0. The van der Waals surface area contributed by atoms with Gasteiger partial charge >= 0.3 is 0 Å². The molecular formula is C15H19NO3S2. The molecule has 0 radical (unpaired) electrons. The van der Waals surface area contributed by atoms with Crippen LogP contribution >= 0.6 is 11.3 Å². The van der Waals surface area contributed by atoms with Gasteiger partial charge < -0.3 is 4.55 Å². The van der Waals surface area contributed by atoms with Gasteiger partial charge in [-0.25, -0.2) is 8.42 Å². The van der Waals surface area contributed by atoms with Crippen molar-refractivity contribution >= 4 is 31.7 Å². The molecule has 0 amide bonds. The topological polar surface area (TPSA) is 61.1 Å². The van der Waals surface area contributed by atoms with Crippen LogP contribution in [0.4, 0.5) is 0 Å². The summed E-state index contributed by atoms with van der Waals surface area (Å²) in [6.07, 6.45) is 5.19. The molecular weight excluding hydrogens is 306 g/mol. The van der Waals surface area contributed by atoms with Gasteiger partial charge in [0, 0.05) is 25.2 Å². The number of benzene rings is 1. The van der Waals surface area contributed by atoms with Gasteiger partial charge in [0.1, 0.15) is 4.70 Å². The van der Waals surface area contributed by atoms with Gasteiger partial charge in [0.05, 0.1) is 10.1 Å². The Morgan fingerprint density at radius 2 is 2.05 bits per heavy atom. The molecule has 4 nitrogen and oxygen atoms in total. The quantitative estimate of drug-likeness (QED) is 0.640. The van der Waals surface area contributed by atoms with E-state index in [1.165, 1.54) is 39.2 Å². The normalized spacial score (nSPS) is 15.3. The number of thiazole rings is 1. The third-order valence-corrected chi connectivity index (χ3v) is 6.12. The van der Waals surface area contributed by atoms with Crippen molar-refractivity contribution in [3.05, 3.63) is 28.3 Å². The van der Waals surface area contributed by atoms with Crippen molar-refractivity contribution in [3.63, 3.8) is 0 Å². The van der Waals surface area contributed by atoms with Crippen molar-refractivity contribution in [1.82, 2.24) is 0 Å². The zero-order chi connectivity index (χ0) is 15.0. The Labute approximate surface area is 129 Å². The van der Waals surface area contributed by atoms with Gasteiger partial charge in [-0.1, -0.05) is 17.4 Å². The maximum atomic E-state index is 10.7. The highest BCUT2D eigenvalue weighted by molar-refractivity contribution is 7.85. The van der Waals surface area contributed by atoms with E-state index in [0.717, 1.165) is 12.8 Å². The fraction of sp³-hybridized carbons (Fsp3) is 0.533. The van der Waals surface area contributed by atoms with E-state index < -0.39 is 10.1 Å². The summed E-state index contributed by atoms with van der Waals surface area (Å²) in [7, 11) is -4.12. The fourth-order valence-electron chi connectivity index (χ4n) is 3.16. The van der Waals surface area contributed by atoms with E-state index in [4.69, 9.17) is 0 Å². The summed E-state index contributed by atoms with van der Waals surface area (Å²) < 4.78 is 35.7. The van der Waals surface area contributed by atoms with Crippen LogP contribution in [0.5, 0.6) is 0 Å². The first kappa shape index (κ1) is 14.9. The van der Waals surface area contributed by atoms with Gasteiger partial charge in [0.2, 0.25) is 10.5 Å². The number of rotatable bonds is 4. The molecule has 0 bridgehead atoms. The molecule has 1 aliphatic carbocycles. The predicted octanol–water partition coefficient (Wildman–Crippen LogP) is 2.31. The second-order valence-corrected chi connectivity index (χ2v) is 8.37. The van der Waals surface area contributed by atoms with Crippen LogP contribution in [-0.4, -0.2) is 18.7 Å². The van der Waals surface area contributed by atoms with Crippen LogP contribution in [0.2, 0.25) is 0 Å². The Bertz CT molecular complexity index is 778. The number of fused-ring (bicyclic) bond motifs is 3. The largest absolute Gasteiger partial charge is 0.748 e. The van der Waals surface area contributed by atoms with Crippen molar-refractivity contribution in [2.75, 3.05) is 5.75 Å². The lowest BCUT2D eigenvalue weighted by molar-refractivity contribution is -0.672. The minimum absolute atomic E-state index is 0.290. The van der Waals surface area contributed by atoms with Gasteiger partial charge in [-0.15, -0.1) is 0 Å². The van der Waals surface area contributed by atoms with E-state index in [1.54, 1.807) is 11.3 Å². The highest BCUT2D eigenvalue weighted by atomic mass is 32.2. The SMILES string of the molecule is Cc1sc2c3c(ccc2[n+]1CCCS(=O)(=O)[O-])CCCC3. The van der Waals surface area contributed by atoms with Crippen LogP contribution < -0.4 is 4.57 Å². The van der Waals surface area contributed by atoms with Crippen molar-refractivity contribution in [2.24, 2.45) is 0 Å². The molecule has 21 heavy (non-hydrogen) atoms. The van der Waals surface area contributed by atoms with Crippen molar-refractivity contribution in [3.8, 4) is 0 Å². The molecule has 114 valence electrons. The fourth-order valence-corrected chi connectivity index (χ4v) is 4.88. The second kappa shape index (κ2) is 5.66. The number of aryl methyl sites for hydroxylation is 4. The molecule has 0 unspecified atom stereocenters. The van der Waals surface area contributed by atoms with E-state index in [9.17, 15) is 13.0 Å². The summed E-state index contributed by atoms with van der Waals surface area (Å²) >= 11 is 1.79. The van der Waals surface area contributed by atoms with Crippen LogP contribution in [0.3, 0.4) is 0 Å². The van der Waals surface area contributed by atoms with Gasteiger partial charge in [0.15, 0.2) is 6.54 Å². The van der Waals surface area contributed by atoms with Crippen molar-refractivity contribution < 1.29 is 17.5 Å². The monoisotopic (exact) mass is 325 g/mol. The van der Waals surface area contributed by atoms with Crippen LogP contribution in [0, 0.1) is 6.92 Å². The Morgan fingerprint density at radius 1 is 1.29 bits per heavy atom. The molecule has 0 atom stereocenters. The summed E-state index contributed by atoms with van der Waals surface area (Å²) in [5.74, 6) is -0.290. The Hall–Kier alpha value is -0.980. The standard InChI is InChI=1S/C15H19NO3S2/c1-11-16(9-4-10-21(17,18)19)14-8-7-12-5-2-3-6-13(12)15(14)20-11/h7-8H,2-6,9-10H2,1H3. The third kappa shape index (κ3) is 3.12. The first-order valence-electron chi connectivity index (χ1n) is 7.33. The average Bonchev–Trinajstić information content (AvgIpc) is 2.74. The minimum atomic E-state index is -4.12. The molecule has 0 spiro atoms. The highest BCUT2D eigenvalue weighted by Crippen LogP contribution is 2.31. The van der Waals surface area contributed by atoms with Crippen LogP contribution in [0.25, 0.3) is 10.2 Å². The van der Waals surface area contributed by atoms with Crippen LogP contribution in [0.15, 0.2) is 12.1 Å². The first-order chi connectivity index (χ1) is 9.96. The van der Waals surface area contributed by atoms with Crippen LogP contribution in [-0.2, 0) is 29.5 Å².